The van der Waals surface area contributed by atoms with Gasteiger partial charge in [-0.15, -0.1) is 0 Å². The highest BCUT2D eigenvalue weighted by atomic mass is 16.2. The maximum Gasteiger partial charge on any atom is 0.322 e. The van der Waals surface area contributed by atoms with Crippen LogP contribution in [0.3, 0.4) is 0 Å². The molecule has 6 heteroatoms. The molecule has 1 N–H and O–H groups in total. The molecule has 1 fully saturated rings. The fourth-order valence-corrected chi connectivity index (χ4v) is 2.86. The monoisotopic (exact) mass is 327 g/mol. The first-order valence-corrected chi connectivity index (χ1v) is 8.21. The molecule has 1 aromatic heterocycles. The van der Waals surface area contributed by atoms with E-state index in [1.54, 1.807) is 6.20 Å². The minimum Gasteiger partial charge on any atom is -0.321 e. The highest BCUT2D eigenvalue weighted by Crippen LogP contribution is 2.23. The summed E-state index contributed by atoms with van der Waals surface area (Å²) in [5, 5.41) is 7.44. The lowest BCUT2D eigenvalue weighted by atomic mass is 10.1. The zero-order valence-electron chi connectivity index (χ0n) is 15.0. The molecule has 3 rings (SSSR count). The predicted molar refractivity (Wildman–Crippen MR) is 95.8 cm³/mol. The van der Waals surface area contributed by atoms with E-state index in [2.05, 4.69) is 47.4 Å². The molecule has 0 atom stereocenters. The molecule has 0 unspecified atom stereocenters. The molecule has 24 heavy (non-hydrogen) atoms. The third-order valence-electron chi connectivity index (χ3n) is 4.72. The summed E-state index contributed by atoms with van der Waals surface area (Å²) in [6.45, 7) is 7.64. The van der Waals surface area contributed by atoms with E-state index in [4.69, 9.17) is 0 Å². The standard InChI is InChI=1S/C18H25N5O/c1-12-6-7-13(2)17(8-12)23-14(3)16(9-19-23)20-18(24)22-10-15(11-22)21(4)5/h6-9,15H,10-11H2,1-5H3,(H,20,24). The fourth-order valence-electron chi connectivity index (χ4n) is 2.86. The van der Waals surface area contributed by atoms with Crippen LogP contribution >= 0.6 is 0 Å². The molecule has 0 radical (unpaired) electrons. The Kier molecular flexibility index (Phi) is 4.32. The lowest BCUT2D eigenvalue weighted by Gasteiger charge is -2.42. The summed E-state index contributed by atoms with van der Waals surface area (Å²) >= 11 is 0. The number of amides is 2. The van der Waals surface area contributed by atoms with Crippen LogP contribution in [0, 0.1) is 20.8 Å². The van der Waals surface area contributed by atoms with Crippen molar-refractivity contribution in [2.45, 2.75) is 26.8 Å². The second kappa shape index (κ2) is 6.28. The van der Waals surface area contributed by atoms with Crippen LogP contribution in [0.5, 0.6) is 0 Å². The molecule has 0 bridgehead atoms. The van der Waals surface area contributed by atoms with Gasteiger partial charge >= 0.3 is 6.03 Å². The van der Waals surface area contributed by atoms with Gasteiger partial charge in [0.25, 0.3) is 0 Å². The third-order valence-corrected chi connectivity index (χ3v) is 4.72. The van der Waals surface area contributed by atoms with Crippen molar-refractivity contribution in [2.24, 2.45) is 0 Å². The normalized spacial score (nSPS) is 14.8. The number of aromatic nitrogens is 2. The Labute approximate surface area is 143 Å². The van der Waals surface area contributed by atoms with Crippen LogP contribution in [-0.2, 0) is 0 Å². The van der Waals surface area contributed by atoms with Crippen molar-refractivity contribution in [1.29, 1.82) is 0 Å². The van der Waals surface area contributed by atoms with Crippen molar-refractivity contribution in [3.8, 4) is 5.69 Å². The summed E-state index contributed by atoms with van der Waals surface area (Å²) in [7, 11) is 4.08. The summed E-state index contributed by atoms with van der Waals surface area (Å²) in [5.74, 6) is 0. The largest absolute Gasteiger partial charge is 0.322 e. The third kappa shape index (κ3) is 3.01. The lowest BCUT2D eigenvalue weighted by Crippen LogP contribution is -2.60. The number of anilines is 1. The molecule has 1 aliphatic rings. The first-order chi connectivity index (χ1) is 11.4. The van der Waals surface area contributed by atoms with Crippen molar-refractivity contribution in [3.05, 3.63) is 41.2 Å². The number of likely N-dealkylation sites (tertiary alicyclic amines) is 1. The number of aryl methyl sites for hydroxylation is 2. The first kappa shape index (κ1) is 16.5. The number of hydrogen-bond acceptors (Lipinski definition) is 3. The van der Waals surface area contributed by atoms with Gasteiger partial charge in [0.1, 0.15) is 0 Å². The van der Waals surface area contributed by atoms with Crippen LogP contribution in [0.1, 0.15) is 16.8 Å². The number of benzene rings is 1. The van der Waals surface area contributed by atoms with Gasteiger partial charge in [-0.25, -0.2) is 9.48 Å². The van der Waals surface area contributed by atoms with E-state index in [9.17, 15) is 4.79 Å². The minimum atomic E-state index is -0.0586. The van der Waals surface area contributed by atoms with E-state index in [-0.39, 0.29) is 6.03 Å². The van der Waals surface area contributed by atoms with Gasteiger partial charge in [0.2, 0.25) is 0 Å². The van der Waals surface area contributed by atoms with E-state index in [0.29, 0.717) is 6.04 Å². The molecule has 2 aromatic rings. The minimum absolute atomic E-state index is 0.0586. The summed E-state index contributed by atoms with van der Waals surface area (Å²) in [6.07, 6.45) is 1.72. The van der Waals surface area contributed by atoms with Crippen LogP contribution in [0.25, 0.3) is 5.69 Å². The van der Waals surface area contributed by atoms with Crippen molar-refractivity contribution in [2.75, 3.05) is 32.5 Å². The van der Waals surface area contributed by atoms with E-state index in [1.807, 2.05) is 30.6 Å². The fraction of sp³-hybridized carbons (Fsp3) is 0.444. The average Bonchev–Trinajstić information content (AvgIpc) is 2.81. The Morgan fingerprint density at radius 1 is 1.25 bits per heavy atom. The Hall–Kier alpha value is -2.34. The number of nitrogens with one attached hydrogen (secondary N) is 1. The Balaban J connectivity index is 1.74. The van der Waals surface area contributed by atoms with Gasteiger partial charge < -0.3 is 15.1 Å². The van der Waals surface area contributed by atoms with E-state index in [0.717, 1.165) is 35.7 Å². The van der Waals surface area contributed by atoms with Crippen molar-refractivity contribution >= 4 is 11.7 Å². The van der Waals surface area contributed by atoms with E-state index in [1.165, 1.54) is 5.56 Å². The Morgan fingerprint density at radius 2 is 1.96 bits per heavy atom. The number of likely N-dealkylation sites (N-methyl/N-ethyl adjacent to an activating group) is 1. The van der Waals surface area contributed by atoms with Gasteiger partial charge in [-0.3, -0.25) is 0 Å². The zero-order valence-corrected chi connectivity index (χ0v) is 15.0. The van der Waals surface area contributed by atoms with Crippen molar-refractivity contribution in [1.82, 2.24) is 19.6 Å². The molecule has 1 aliphatic heterocycles. The molecular formula is C18H25N5O. The molecule has 6 nitrogen and oxygen atoms in total. The average molecular weight is 327 g/mol. The molecule has 2 amide bonds. The number of nitrogens with zero attached hydrogens (tertiary/aromatic N) is 4. The van der Waals surface area contributed by atoms with Gasteiger partial charge in [-0.1, -0.05) is 12.1 Å². The van der Waals surface area contributed by atoms with Crippen LogP contribution < -0.4 is 5.32 Å². The highest BCUT2D eigenvalue weighted by molar-refractivity contribution is 5.90. The van der Waals surface area contributed by atoms with Gasteiger partial charge in [-0.05, 0) is 52.1 Å². The topological polar surface area (TPSA) is 53.4 Å². The molecule has 128 valence electrons. The Bertz CT molecular complexity index is 759. The van der Waals surface area contributed by atoms with Crippen molar-refractivity contribution < 1.29 is 4.79 Å². The number of urea groups is 1. The Morgan fingerprint density at radius 3 is 2.62 bits per heavy atom. The highest BCUT2D eigenvalue weighted by Gasteiger charge is 2.32. The van der Waals surface area contributed by atoms with Crippen LogP contribution in [0.2, 0.25) is 0 Å². The smallest absolute Gasteiger partial charge is 0.321 e. The molecular weight excluding hydrogens is 302 g/mol. The number of carbonyl (C=O) groups excluding carboxylic acids is 1. The van der Waals surface area contributed by atoms with Crippen LogP contribution in [0.4, 0.5) is 10.5 Å². The van der Waals surface area contributed by atoms with Gasteiger partial charge in [0.15, 0.2) is 0 Å². The predicted octanol–water partition coefficient (Wildman–Crippen LogP) is 2.58. The molecule has 2 heterocycles. The second-order valence-electron chi connectivity index (χ2n) is 6.80. The molecule has 0 aliphatic carbocycles. The summed E-state index contributed by atoms with van der Waals surface area (Å²) < 4.78 is 1.89. The quantitative estimate of drug-likeness (QED) is 0.943. The van der Waals surface area contributed by atoms with Gasteiger partial charge in [0, 0.05) is 19.1 Å². The summed E-state index contributed by atoms with van der Waals surface area (Å²) in [6, 6.07) is 6.68. The van der Waals surface area contributed by atoms with Gasteiger partial charge in [0.05, 0.1) is 23.3 Å². The van der Waals surface area contributed by atoms with Crippen LogP contribution in [0.15, 0.2) is 24.4 Å². The van der Waals surface area contributed by atoms with E-state index < -0.39 is 0 Å². The van der Waals surface area contributed by atoms with Crippen LogP contribution in [-0.4, -0.2) is 58.8 Å². The number of carbonyl (C=O) groups is 1. The summed E-state index contributed by atoms with van der Waals surface area (Å²) in [4.78, 5) is 16.3. The second-order valence-corrected chi connectivity index (χ2v) is 6.80. The summed E-state index contributed by atoms with van der Waals surface area (Å²) in [5.41, 5.74) is 5.08. The molecule has 1 aromatic carbocycles. The number of hydrogen-bond donors (Lipinski definition) is 1. The molecule has 1 saturated heterocycles. The lowest BCUT2D eigenvalue weighted by molar-refractivity contribution is 0.0942. The molecule has 0 saturated carbocycles. The van der Waals surface area contributed by atoms with E-state index >= 15 is 0 Å². The SMILES string of the molecule is Cc1ccc(C)c(-n2ncc(NC(=O)N3CC(N(C)C)C3)c2C)c1. The first-order valence-electron chi connectivity index (χ1n) is 8.21. The van der Waals surface area contributed by atoms with Crippen molar-refractivity contribution in [3.63, 3.8) is 0 Å². The van der Waals surface area contributed by atoms with Gasteiger partial charge in [-0.2, -0.15) is 5.10 Å². The maximum absolute atomic E-state index is 12.3. The number of rotatable bonds is 3. The zero-order chi connectivity index (χ0) is 17.4. The molecule has 0 spiro atoms. The maximum atomic E-state index is 12.3.